The van der Waals surface area contributed by atoms with E-state index >= 15 is 0 Å². The Bertz CT molecular complexity index is 279. The second kappa shape index (κ2) is 8.63. The highest BCUT2D eigenvalue weighted by molar-refractivity contribution is 5.77. The zero-order valence-electron chi connectivity index (χ0n) is 13.0. The highest BCUT2D eigenvalue weighted by Gasteiger charge is 2.29. The maximum absolute atomic E-state index is 12.1. The van der Waals surface area contributed by atoms with Gasteiger partial charge in [0.15, 0.2) is 0 Å². The number of amides is 1. The largest absolute Gasteiger partial charge is 0.396 e. The molecule has 0 aromatic rings. The van der Waals surface area contributed by atoms with Crippen LogP contribution in [0.2, 0.25) is 0 Å². The third-order valence-electron chi connectivity index (χ3n) is 4.39. The lowest BCUT2D eigenvalue weighted by molar-refractivity contribution is -0.127. The van der Waals surface area contributed by atoms with E-state index in [1.54, 1.807) is 0 Å². The summed E-state index contributed by atoms with van der Waals surface area (Å²) in [5, 5.41) is 22.7. The number of aliphatic hydroxyl groups excluding tert-OH is 1. The van der Waals surface area contributed by atoms with Gasteiger partial charge in [-0.15, -0.1) is 0 Å². The van der Waals surface area contributed by atoms with E-state index < -0.39 is 5.60 Å². The van der Waals surface area contributed by atoms with Crippen LogP contribution in [0.25, 0.3) is 0 Å². The quantitative estimate of drug-likeness (QED) is 0.641. The summed E-state index contributed by atoms with van der Waals surface area (Å²) in [6.45, 7) is 4.33. The number of rotatable bonds is 8. The Balaban J connectivity index is 2.38. The van der Waals surface area contributed by atoms with Crippen LogP contribution < -0.4 is 5.32 Å². The minimum Gasteiger partial charge on any atom is -0.396 e. The van der Waals surface area contributed by atoms with Gasteiger partial charge in [-0.05, 0) is 44.4 Å². The van der Waals surface area contributed by atoms with Gasteiger partial charge in [0.1, 0.15) is 0 Å². The molecule has 0 atom stereocenters. The predicted molar refractivity (Wildman–Crippen MR) is 80.4 cm³/mol. The predicted octanol–water partition coefficient (Wildman–Crippen LogP) is 2.38. The average Bonchev–Trinajstić information content (AvgIpc) is 2.39. The monoisotopic (exact) mass is 285 g/mol. The molecule has 0 heterocycles. The molecule has 0 aromatic carbocycles. The van der Waals surface area contributed by atoms with Crippen LogP contribution in [0.15, 0.2) is 0 Å². The third-order valence-corrected chi connectivity index (χ3v) is 4.39. The smallest absolute Gasteiger partial charge is 0.223 e. The molecule has 4 nitrogen and oxygen atoms in total. The molecule has 0 unspecified atom stereocenters. The molecule has 0 radical (unpaired) electrons. The SMILES string of the molecule is CCCC(O)(CCC)CC(=O)NC1CCC(CO)CC1. The lowest BCUT2D eigenvalue weighted by atomic mass is 9.85. The molecule has 1 amide bonds. The Labute approximate surface area is 123 Å². The Hall–Kier alpha value is -0.610. The van der Waals surface area contributed by atoms with E-state index in [1.807, 2.05) is 13.8 Å². The van der Waals surface area contributed by atoms with Crippen molar-refractivity contribution in [3.8, 4) is 0 Å². The normalized spacial score (nSPS) is 23.6. The highest BCUT2D eigenvalue weighted by Crippen LogP contribution is 2.26. The highest BCUT2D eigenvalue weighted by atomic mass is 16.3. The van der Waals surface area contributed by atoms with Gasteiger partial charge in [-0.3, -0.25) is 4.79 Å². The molecule has 0 aromatic heterocycles. The van der Waals surface area contributed by atoms with Crippen LogP contribution in [0.5, 0.6) is 0 Å². The topological polar surface area (TPSA) is 69.6 Å². The summed E-state index contributed by atoms with van der Waals surface area (Å²) in [5.41, 5.74) is -0.837. The molecule has 0 spiro atoms. The first kappa shape index (κ1) is 17.4. The molecule has 1 saturated carbocycles. The van der Waals surface area contributed by atoms with Gasteiger partial charge in [0.2, 0.25) is 5.91 Å². The maximum Gasteiger partial charge on any atom is 0.223 e. The zero-order chi connectivity index (χ0) is 15.0. The summed E-state index contributed by atoms with van der Waals surface area (Å²) in [7, 11) is 0. The van der Waals surface area contributed by atoms with Crippen LogP contribution in [-0.4, -0.2) is 34.4 Å². The van der Waals surface area contributed by atoms with Crippen LogP contribution in [0.4, 0.5) is 0 Å². The Morgan fingerprint density at radius 1 is 1.15 bits per heavy atom. The van der Waals surface area contributed by atoms with Crippen molar-refractivity contribution in [2.24, 2.45) is 5.92 Å². The number of hydrogen-bond donors (Lipinski definition) is 3. The van der Waals surface area contributed by atoms with E-state index in [0.29, 0.717) is 18.8 Å². The molecule has 118 valence electrons. The first-order chi connectivity index (χ1) is 9.53. The Morgan fingerprint density at radius 3 is 2.15 bits per heavy atom. The van der Waals surface area contributed by atoms with E-state index in [1.165, 1.54) is 0 Å². The number of carbonyl (C=O) groups excluding carboxylic acids is 1. The molecule has 0 saturated heterocycles. The van der Waals surface area contributed by atoms with Crippen molar-refractivity contribution < 1.29 is 15.0 Å². The van der Waals surface area contributed by atoms with Crippen molar-refractivity contribution in [1.29, 1.82) is 0 Å². The molecular formula is C16H31NO3. The molecule has 3 N–H and O–H groups in total. The van der Waals surface area contributed by atoms with Crippen LogP contribution in [0.1, 0.15) is 71.6 Å². The third kappa shape index (κ3) is 5.80. The minimum atomic E-state index is -0.837. The van der Waals surface area contributed by atoms with Gasteiger partial charge in [0, 0.05) is 12.6 Å². The van der Waals surface area contributed by atoms with E-state index in [4.69, 9.17) is 5.11 Å². The van der Waals surface area contributed by atoms with E-state index in [9.17, 15) is 9.90 Å². The summed E-state index contributed by atoms with van der Waals surface area (Å²) in [6, 6.07) is 0.220. The van der Waals surface area contributed by atoms with E-state index in [-0.39, 0.29) is 25.0 Å². The molecule has 4 heteroatoms. The number of hydrogen-bond acceptors (Lipinski definition) is 3. The summed E-state index contributed by atoms with van der Waals surface area (Å²) in [6.07, 6.45) is 7.22. The summed E-state index contributed by atoms with van der Waals surface area (Å²) < 4.78 is 0. The van der Waals surface area contributed by atoms with Gasteiger partial charge in [-0.2, -0.15) is 0 Å². The molecule has 1 aliphatic carbocycles. The maximum atomic E-state index is 12.1. The van der Waals surface area contributed by atoms with Crippen LogP contribution >= 0.6 is 0 Å². The van der Waals surface area contributed by atoms with Crippen molar-refractivity contribution in [2.75, 3.05) is 6.61 Å². The van der Waals surface area contributed by atoms with Gasteiger partial charge >= 0.3 is 0 Å². The number of carbonyl (C=O) groups is 1. The van der Waals surface area contributed by atoms with Crippen molar-refractivity contribution >= 4 is 5.91 Å². The summed E-state index contributed by atoms with van der Waals surface area (Å²) >= 11 is 0. The minimum absolute atomic E-state index is 0.0261. The van der Waals surface area contributed by atoms with E-state index in [2.05, 4.69) is 5.32 Å². The molecule has 0 aliphatic heterocycles. The fourth-order valence-corrected chi connectivity index (χ4v) is 3.30. The van der Waals surface area contributed by atoms with Crippen LogP contribution in [-0.2, 0) is 4.79 Å². The molecule has 1 aliphatic rings. The second-order valence-corrected chi connectivity index (χ2v) is 6.37. The van der Waals surface area contributed by atoms with Crippen molar-refractivity contribution in [3.05, 3.63) is 0 Å². The van der Waals surface area contributed by atoms with Crippen molar-refractivity contribution in [3.63, 3.8) is 0 Å². The van der Waals surface area contributed by atoms with Gasteiger partial charge in [-0.1, -0.05) is 26.7 Å². The lowest BCUT2D eigenvalue weighted by Gasteiger charge is -2.31. The lowest BCUT2D eigenvalue weighted by Crippen LogP contribution is -2.42. The average molecular weight is 285 g/mol. The number of aliphatic hydroxyl groups is 2. The molecule has 1 fully saturated rings. The summed E-state index contributed by atoms with van der Waals surface area (Å²) in [4.78, 5) is 12.1. The fourth-order valence-electron chi connectivity index (χ4n) is 3.30. The van der Waals surface area contributed by atoms with E-state index in [0.717, 1.165) is 38.5 Å². The van der Waals surface area contributed by atoms with Crippen LogP contribution in [0.3, 0.4) is 0 Å². The van der Waals surface area contributed by atoms with Gasteiger partial charge in [-0.25, -0.2) is 0 Å². The second-order valence-electron chi connectivity index (χ2n) is 6.37. The Kier molecular flexibility index (Phi) is 7.52. The standard InChI is InChI=1S/C16H31NO3/c1-3-9-16(20,10-4-2)11-15(19)17-14-7-5-13(12-18)6-8-14/h13-14,18,20H,3-12H2,1-2H3,(H,17,19). The van der Waals surface area contributed by atoms with Crippen molar-refractivity contribution in [2.45, 2.75) is 83.3 Å². The molecule has 20 heavy (non-hydrogen) atoms. The first-order valence-corrected chi connectivity index (χ1v) is 8.15. The van der Waals surface area contributed by atoms with Gasteiger partial charge in [0.25, 0.3) is 0 Å². The van der Waals surface area contributed by atoms with Gasteiger partial charge in [0.05, 0.1) is 12.0 Å². The molecular weight excluding hydrogens is 254 g/mol. The number of nitrogens with one attached hydrogen (secondary N) is 1. The Morgan fingerprint density at radius 2 is 1.70 bits per heavy atom. The first-order valence-electron chi connectivity index (χ1n) is 8.15. The molecule has 1 rings (SSSR count). The van der Waals surface area contributed by atoms with Crippen molar-refractivity contribution in [1.82, 2.24) is 5.32 Å². The molecule has 0 bridgehead atoms. The van der Waals surface area contributed by atoms with Gasteiger partial charge < -0.3 is 15.5 Å². The van der Waals surface area contributed by atoms with Crippen LogP contribution in [0, 0.1) is 5.92 Å². The fraction of sp³-hybridized carbons (Fsp3) is 0.938. The summed E-state index contributed by atoms with van der Waals surface area (Å²) in [5.74, 6) is 0.377. The zero-order valence-corrected chi connectivity index (χ0v) is 13.0.